The second-order valence-electron chi connectivity index (χ2n) is 4.67. The third kappa shape index (κ3) is 3.89. The summed E-state index contributed by atoms with van der Waals surface area (Å²) in [7, 11) is -0.140. The van der Waals surface area contributed by atoms with Crippen LogP contribution in [0.3, 0.4) is 0 Å². The van der Waals surface area contributed by atoms with Gasteiger partial charge in [0.25, 0.3) is 10.2 Å². The largest absolute Gasteiger partial charge is 0.385 e. The minimum absolute atomic E-state index is 0.0476. The first-order chi connectivity index (χ1) is 8.54. The van der Waals surface area contributed by atoms with Gasteiger partial charge in [-0.1, -0.05) is 6.42 Å². The fraction of sp³-hybridized carbons (Fsp3) is 1.00. The Kier molecular flexibility index (Phi) is 6.51. The molecule has 0 aromatic heterocycles. The van der Waals surface area contributed by atoms with Gasteiger partial charge in [0.1, 0.15) is 0 Å². The molecular weight excluding hydrogens is 254 g/mol. The van der Waals surface area contributed by atoms with Crippen molar-refractivity contribution in [2.75, 3.05) is 40.4 Å². The van der Waals surface area contributed by atoms with Crippen molar-refractivity contribution < 1.29 is 13.2 Å². The van der Waals surface area contributed by atoms with Crippen molar-refractivity contribution in [3.05, 3.63) is 0 Å². The number of nitrogens with two attached hydrogens (primary N) is 1. The zero-order valence-corrected chi connectivity index (χ0v) is 12.2. The Morgan fingerprint density at radius 2 is 2.17 bits per heavy atom. The van der Waals surface area contributed by atoms with E-state index in [0.29, 0.717) is 32.7 Å². The lowest BCUT2D eigenvalue weighted by molar-refractivity contribution is 0.186. The van der Waals surface area contributed by atoms with Crippen LogP contribution in [0.25, 0.3) is 0 Å². The number of ether oxygens (including phenoxy) is 1. The summed E-state index contributed by atoms with van der Waals surface area (Å²) < 4.78 is 32.7. The van der Waals surface area contributed by atoms with E-state index >= 15 is 0 Å². The summed E-state index contributed by atoms with van der Waals surface area (Å²) in [5.41, 5.74) is 5.67. The molecule has 0 aromatic carbocycles. The fourth-order valence-electron chi connectivity index (χ4n) is 2.24. The predicted molar refractivity (Wildman–Crippen MR) is 71.4 cm³/mol. The predicted octanol–water partition coefficient (Wildman–Crippen LogP) is 0.0127. The molecule has 6 nitrogen and oxygen atoms in total. The summed E-state index contributed by atoms with van der Waals surface area (Å²) in [6.07, 6.45) is 3.54. The van der Waals surface area contributed by atoms with E-state index in [9.17, 15) is 8.42 Å². The maximum atomic E-state index is 12.4. The van der Waals surface area contributed by atoms with Gasteiger partial charge in [0, 0.05) is 46.4 Å². The van der Waals surface area contributed by atoms with Crippen molar-refractivity contribution in [2.24, 2.45) is 5.73 Å². The van der Waals surface area contributed by atoms with Crippen LogP contribution in [0, 0.1) is 0 Å². The van der Waals surface area contributed by atoms with E-state index in [1.54, 1.807) is 18.5 Å². The molecule has 1 rings (SSSR count). The van der Waals surface area contributed by atoms with Crippen LogP contribution in [-0.4, -0.2) is 63.5 Å². The van der Waals surface area contributed by atoms with E-state index in [1.165, 1.54) is 4.31 Å². The summed E-state index contributed by atoms with van der Waals surface area (Å²) in [6, 6.07) is -0.0476. The summed E-state index contributed by atoms with van der Waals surface area (Å²) in [6.45, 7) is 2.02. The second kappa shape index (κ2) is 7.40. The molecule has 7 heteroatoms. The van der Waals surface area contributed by atoms with Crippen molar-refractivity contribution in [3.8, 4) is 0 Å². The third-order valence-corrected chi connectivity index (χ3v) is 5.40. The van der Waals surface area contributed by atoms with E-state index in [2.05, 4.69) is 0 Å². The number of nitrogens with zero attached hydrogens (tertiary/aromatic N) is 2. The molecule has 0 radical (unpaired) electrons. The van der Waals surface area contributed by atoms with E-state index in [0.717, 1.165) is 19.3 Å². The van der Waals surface area contributed by atoms with Crippen LogP contribution < -0.4 is 5.73 Å². The normalized spacial score (nSPS) is 22.6. The Bertz CT molecular complexity index is 334. The number of piperidine rings is 1. The molecule has 0 amide bonds. The van der Waals surface area contributed by atoms with Gasteiger partial charge < -0.3 is 10.5 Å². The maximum Gasteiger partial charge on any atom is 0.282 e. The molecule has 1 fully saturated rings. The van der Waals surface area contributed by atoms with Gasteiger partial charge in [-0.3, -0.25) is 0 Å². The van der Waals surface area contributed by atoms with Crippen LogP contribution in [0.15, 0.2) is 0 Å². The molecule has 1 saturated heterocycles. The second-order valence-corrected chi connectivity index (χ2v) is 6.66. The monoisotopic (exact) mass is 279 g/mol. The van der Waals surface area contributed by atoms with Gasteiger partial charge in [0.15, 0.2) is 0 Å². The average Bonchev–Trinajstić information content (AvgIpc) is 2.38. The molecule has 18 heavy (non-hydrogen) atoms. The van der Waals surface area contributed by atoms with Crippen LogP contribution in [0.5, 0.6) is 0 Å². The standard InChI is InChI=1S/C11H25N3O3S/c1-13(7-5-9-17-2)18(15,16)14-8-4-3-6-11(14)10-12/h11H,3-10,12H2,1-2H3. The summed E-state index contributed by atoms with van der Waals surface area (Å²) in [4.78, 5) is 0. The van der Waals surface area contributed by atoms with Gasteiger partial charge in [-0.2, -0.15) is 17.0 Å². The molecule has 1 aliphatic heterocycles. The number of rotatable bonds is 7. The minimum atomic E-state index is -3.37. The van der Waals surface area contributed by atoms with Crippen LogP contribution in [0.4, 0.5) is 0 Å². The first-order valence-electron chi connectivity index (χ1n) is 6.46. The van der Waals surface area contributed by atoms with Crippen LogP contribution in [0.1, 0.15) is 25.7 Å². The highest BCUT2D eigenvalue weighted by atomic mass is 32.2. The SMILES string of the molecule is COCCCN(C)S(=O)(=O)N1CCCCC1CN. The van der Waals surface area contributed by atoms with Gasteiger partial charge >= 0.3 is 0 Å². The Morgan fingerprint density at radius 3 is 2.78 bits per heavy atom. The molecule has 0 aliphatic carbocycles. The Balaban J connectivity index is 2.65. The third-order valence-electron chi connectivity index (χ3n) is 3.36. The van der Waals surface area contributed by atoms with E-state index in [4.69, 9.17) is 10.5 Å². The average molecular weight is 279 g/mol. The smallest absolute Gasteiger partial charge is 0.282 e. The first-order valence-corrected chi connectivity index (χ1v) is 7.85. The van der Waals surface area contributed by atoms with Crippen molar-refractivity contribution >= 4 is 10.2 Å². The maximum absolute atomic E-state index is 12.4. The van der Waals surface area contributed by atoms with Gasteiger partial charge in [-0.15, -0.1) is 0 Å². The molecule has 2 N–H and O–H groups in total. The van der Waals surface area contributed by atoms with Crippen LogP contribution in [-0.2, 0) is 14.9 Å². The van der Waals surface area contributed by atoms with E-state index in [-0.39, 0.29) is 6.04 Å². The quantitative estimate of drug-likeness (QED) is 0.666. The summed E-state index contributed by atoms with van der Waals surface area (Å²) in [5.74, 6) is 0. The zero-order valence-electron chi connectivity index (χ0n) is 11.3. The van der Waals surface area contributed by atoms with Crippen molar-refractivity contribution in [1.29, 1.82) is 0 Å². The Morgan fingerprint density at radius 1 is 1.44 bits per heavy atom. The molecule has 1 unspecified atom stereocenters. The molecule has 1 atom stereocenters. The lowest BCUT2D eigenvalue weighted by Crippen LogP contribution is -2.52. The highest BCUT2D eigenvalue weighted by molar-refractivity contribution is 7.86. The number of methoxy groups -OCH3 is 1. The van der Waals surface area contributed by atoms with Crippen LogP contribution in [0.2, 0.25) is 0 Å². The van der Waals surface area contributed by atoms with Gasteiger partial charge in [-0.25, -0.2) is 0 Å². The lowest BCUT2D eigenvalue weighted by atomic mass is 10.1. The molecule has 0 bridgehead atoms. The summed E-state index contributed by atoms with van der Waals surface area (Å²) in [5, 5.41) is 0. The summed E-state index contributed by atoms with van der Waals surface area (Å²) >= 11 is 0. The fourth-order valence-corrected chi connectivity index (χ4v) is 3.89. The molecular formula is C11H25N3O3S. The van der Waals surface area contributed by atoms with Crippen LogP contribution >= 0.6 is 0 Å². The highest BCUT2D eigenvalue weighted by Crippen LogP contribution is 2.21. The van der Waals surface area contributed by atoms with Crippen molar-refractivity contribution in [1.82, 2.24) is 8.61 Å². The highest BCUT2D eigenvalue weighted by Gasteiger charge is 2.33. The molecule has 0 aromatic rings. The van der Waals surface area contributed by atoms with E-state index in [1.807, 2.05) is 0 Å². The molecule has 0 spiro atoms. The van der Waals surface area contributed by atoms with E-state index < -0.39 is 10.2 Å². The molecule has 0 saturated carbocycles. The Hall–Kier alpha value is -0.210. The van der Waals surface area contributed by atoms with Crippen molar-refractivity contribution in [3.63, 3.8) is 0 Å². The van der Waals surface area contributed by atoms with Gasteiger partial charge in [-0.05, 0) is 19.3 Å². The van der Waals surface area contributed by atoms with Gasteiger partial charge in [0.2, 0.25) is 0 Å². The molecule has 1 aliphatic rings. The van der Waals surface area contributed by atoms with Gasteiger partial charge in [0.05, 0.1) is 0 Å². The molecule has 1 heterocycles. The lowest BCUT2D eigenvalue weighted by Gasteiger charge is -2.36. The topological polar surface area (TPSA) is 75.9 Å². The number of hydrogen-bond acceptors (Lipinski definition) is 4. The Labute approximate surface area is 110 Å². The van der Waals surface area contributed by atoms with Crippen molar-refractivity contribution in [2.45, 2.75) is 31.7 Å². The number of hydrogen-bond donors (Lipinski definition) is 1. The minimum Gasteiger partial charge on any atom is -0.385 e. The first kappa shape index (κ1) is 15.8. The zero-order chi connectivity index (χ0) is 13.6. The molecule has 108 valence electrons.